The number of hydrogen-bond acceptors (Lipinski definition) is 0. The molecular weight excluding hydrogens is 424 g/mol. The predicted octanol–water partition coefficient (Wildman–Crippen LogP) is 7.95. The molecule has 3 aromatic heterocycles. The van der Waals surface area contributed by atoms with Gasteiger partial charge in [0, 0.05) is 16.8 Å². The minimum absolute atomic E-state index is 0.705. The molecule has 2 aliphatic carbocycles. The zero-order valence-electron chi connectivity index (χ0n) is 21.5. The van der Waals surface area contributed by atoms with Gasteiger partial charge in [-0.05, 0) is 110 Å². The van der Waals surface area contributed by atoms with E-state index >= 15 is 0 Å². The smallest absolute Gasteiger partial charge is 0.224 e. The summed E-state index contributed by atoms with van der Waals surface area (Å²) >= 11 is 0. The number of hydrogen-bond donors (Lipinski definition) is 0. The summed E-state index contributed by atoms with van der Waals surface area (Å²) in [6.07, 6.45) is 7.98. The summed E-state index contributed by atoms with van der Waals surface area (Å²) in [5.41, 5.74) is 12.8. The maximum atomic E-state index is 2.65. The molecule has 0 aliphatic heterocycles. The maximum Gasteiger partial charge on any atom is 0.224 e. The van der Waals surface area contributed by atoms with Crippen molar-refractivity contribution in [2.75, 3.05) is 0 Å². The van der Waals surface area contributed by atoms with Gasteiger partial charge in [-0.2, -0.15) is 0 Å². The first kappa shape index (κ1) is 20.1. The van der Waals surface area contributed by atoms with Crippen LogP contribution in [-0.2, 0) is 7.05 Å². The highest BCUT2D eigenvalue weighted by Crippen LogP contribution is 2.56. The van der Waals surface area contributed by atoms with Crippen LogP contribution < -0.4 is 4.57 Å². The Morgan fingerprint density at radius 3 is 2.43 bits per heavy atom. The van der Waals surface area contributed by atoms with E-state index in [4.69, 9.17) is 0 Å². The van der Waals surface area contributed by atoms with E-state index in [9.17, 15) is 0 Å². The van der Waals surface area contributed by atoms with E-state index < -0.39 is 0 Å². The summed E-state index contributed by atoms with van der Waals surface area (Å²) in [7, 11) is 2.23. The summed E-state index contributed by atoms with van der Waals surface area (Å²) in [5, 5.41) is 7.28. The van der Waals surface area contributed by atoms with E-state index in [1.807, 2.05) is 0 Å². The molecule has 2 nitrogen and oxygen atoms in total. The molecule has 2 saturated carbocycles. The van der Waals surface area contributed by atoms with Crippen molar-refractivity contribution >= 4 is 49.0 Å². The van der Waals surface area contributed by atoms with Gasteiger partial charge >= 0.3 is 0 Å². The zero-order valence-corrected chi connectivity index (χ0v) is 21.5. The molecule has 3 atom stereocenters. The summed E-state index contributed by atoms with van der Waals surface area (Å²) in [5.74, 6) is 2.51. The van der Waals surface area contributed by atoms with Crippen molar-refractivity contribution in [2.45, 2.75) is 59.3 Å². The molecule has 2 fully saturated rings. The van der Waals surface area contributed by atoms with Crippen LogP contribution in [0.4, 0.5) is 0 Å². The molecule has 6 aromatic rings. The van der Waals surface area contributed by atoms with E-state index in [1.165, 1.54) is 91.5 Å². The first-order valence-electron chi connectivity index (χ1n) is 13.4. The van der Waals surface area contributed by atoms with E-state index in [1.54, 1.807) is 10.9 Å². The lowest BCUT2D eigenvalue weighted by atomic mass is 9.80. The van der Waals surface area contributed by atoms with Crippen LogP contribution in [0.2, 0.25) is 0 Å². The lowest BCUT2D eigenvalue weighted by Gasteiger charge is -2.24. The van der Waals surface area contributed by atoms with Gasteiger partial charge in [-0.25, -0.2) is 4.57 Å². The third-order valence-electron chi connectivity index (χ3n) is 10.0. The number of fused-ring (bicyclic) bond motifs is 8. The molecule has 3 aromatic carbocycles. The standard InChI is InChI=1S/C33H33N2/c1-17-7-6-8-26-27(17)30-25(24-15-21-9-10-22(24)14-21)16-23-11-12-34(5)32-28-20(4)18(2)13-19(3)31(28)35(26)33(30)29(23)32/h6-8,11-13,16,21-22,24H,9-10,14-15H2,1-5H3/q+1. The van der Waals surface area contributed by atoms with Gasteiger partial charge in [-0.3, -0.25) is 0 Å². The number of nitrogens with zero attached hydrogens (tertiary/aromatic N) is 2. The molecule has 35 heavy (non-hydrogen) atoms. The lowest BCUT2D eigenvalue weighted by molar-refractivity contribution is -0.643. The molecule has 0 N–H and O–H groups in total. The number of rotatable bonds is 1. The predicted molar refractivity (Wildman–Crippen MR) is 147 cm³/mol. The summed E-state index contributed by atoms with van der Waals surface area (Å²) < 4.78 is 5.03. The summed E-state index contributed by atoms with van der Waals surface area (Å²) in [6, 6.07) is 14.3. The van der Waals surface area contributed by atoms with E-state index in [0.717, 1.165) is 11.8 Å². The van der Waals surface area contributed by atoms with Crippen molar-refractivity contribution in [3.8, 4) is 0 Å². The molecule has 3 unspecified atom stereocenters. The minimum atomic E-state index is 0.705. The first-order valence-corrected chi connectivity index (χ1v) is 13.4. The second-order valence-electron chi connectivity index (χ2n) is 11.9. The molecule has 2 bridgehead atoms. The van der Waals surface area contributed by atoms with Gasteiger partial charge in [0.25, 0.3) is 0 Å². The monoisotopic (exact) mass is 457 g/mol. The Bertz CT molecular complexity index is 1870. The molecule has 2 aliphatic rings. The van der Waals surface area contributed by atoms with Gasteiger partial charge in [0.15, 0.2) is 6.20 Å². The highest BCUT2D eigenvalue weighted by Gasteiger charge is 2.41. The molecule has 3 heterocycles. The normalized spacial score (nSPS) is 22.3. The van der Waals surface area contributed by atoms with Crippen LogP contribution in [0.3, 0.4) is 0 Å². The largest absolute Gasteiger partial charge is 0.307 e. The number of pyridine rings is 2. The molecule has 174 valence electrons. The van der Waals surface area contributed by atoms with Crippen LogP contribution in [0, 0.1) is 39.5 Å². The average Bonchev–Trinajstić information content (AvgIpc) is 3.56. The SMILES string of the molecule is Cc1cc(C)c2c(c1C)c1c3c(cc[n+]1C)cc(C1CC4CCC1C4)c1c4c(C)cccc4n2c13. The summed E-state index contributed by atoms with van der Waals surface area (Å²) in [4.78, 5) is 0. The number of aromatic nitrogens is 2. The molecule has 8 rings (SSSR count). The van der Waals surface area contributed by atoms with Crippen LogP contribution in [0.1, 0.15) is 59.4 Å². The second kappa shape index (κ2) is 6.55. The maximum absolute atomic E-state index is 2.65. The topological polar surface area (TPSA) is 8.29 Å². The van der Waals surface area contributed by atoms with Crippen LogP contribution >= 0.6 is 0 Å². The molecule has 0 saturated heterocycles. The second-order valence-corrected chi connectivity index (χ2v) is 11.9. The Hall–Kier alpha value is -3.13. The van der Waals surface area contributed by atoms with Crippen molar-refractivity contribution in [3.05, 3.63) is 70.4 Å². The number of aryl methyl sites for hydroxylation is 5. The van der Waals surface area contributed by atoms with Crippen molar-refractivity contribution in [3.63, 3.8) is 0 Å². The molecule has 0 amide bonds. The first-order chi connectivity index (χ1) is 16.9. The third kappa shape index (κ3) is 2.34. The van der Waals surface area contributed by atoms with E-state index in [0.29, 0.717) is 5.92 Å². The van der Waals surface area contributed by atoms with Gasteiger partial charge in [0.05, 0.1) is 27.3 Å². The van der Waals surface area contributed by atoms with Crippen molar-refractivity contribution in [1.29, 1.82) is 0 Å². The van der Waals surface area contributed by atoms with Crippen LogP contribution in [0.15, 0.2) is 42.6 Å². The van der Waals surface area contributed by atoms with Crippen LogP contribution in [0.25, 0.3) is 49.0 Å². The van der Waals surface area contributed by atoms with E-state index in [-0.39, 0.29) is 0 Å². The van der Waals surface area contributed by atoms with Crippen molar-refractivity contribution in [2.24, 2.45) is 18.9 Å². The average molecular weight is 458 g/mol. The van der Waals surface area contributed by atoms with Gasteiger partial charge in [-0.1, -0.05) is 24.6 Å². The Balaban J connectivity index is 1.73. The van der Waals surface area contributed by atoms with Gasteiger partial charge < -0.3 is 4.40 Å². The van der Waals surface area contributed by atoms with Gasteiger partial charge in [0.2, 0.25) is 5.52 Å². The Morgan fingerprint density at radius 1 is 0.800 bits per heavy atom. The fourth-order valence-corrected chi connectivity index (χ4v) is 8.41. The van der Waals surface area contributed by atoms with Crippen LogP contribution in [0.5, 0.6) is 0 Å². The third-order valence-corrected chi connectivity index (χ3v) is 10.0. The molecular formula is C33H33N2+. The van der Waals surface area contributed by atoms with Crippen molar-refractivity contribution < 1.29 is 4.57 Å². The molecule has 0 radical (unpaired) electrons. The summed E-state index contributed by atoms with van der Waals surface area (Å²) in [6.45, 7) is 9.21. The lowest BCUT2D eigenvalue weighted by Crippen LogP contribution is -2.29. The quantitative estimate of drug-likeness (QED) is 0.134. The highest BCUT2D eigenvalue weighted by atomic mass is 15.0. The van der Waals surface area contributed by atoms with Crippen molar-refractivity contribution in [1.82, 2.24) is 4.40 Å². The van der Waals surface area contributed by atoms with E-state index in [2.05, 4.69) is 86.3 Å². The minimum Gasteiger partial charge on any atom is -0.307 e. The van der Waals surface area contributed by atoms with Crippen LogP contribution in [-0.4, -0.2) is 4.40 Å². The molecule has 0 spiro atoms. The fourth-order valence-electron chi connectivity index (χ4n) is 8.41. The van der Waals surface area contributed by atoms with Gasteiger partial charge in [-0.15, -0.1) is 0 Å². The fraction of sp³-hybridized carbons (Fsp3) is 0.364. The Morgan fingerprint density at radius 2 is 1.66 bits per heavy atom. The Kier molecular flexibility index (Phi) is 3.76. The highest BCUT2D eigenvalue weighted by molar-refractivity contribution is 6.29. The van der Waals surface area contributed by atoms with Gasteiger partial charge in [0.1, 0.15) is 7.05 Å². The number of benzene rings is 3. The molecule has 2 heteroatoms. The zero-order chi connectivity index (χ0) is 23.7. The Labute approximate surface area is 206 Å².